The molecule has 1 rings (SSSR count). The summed E-state index contributed by atoms with van der Waals surface area (Å²) >= 11 is 0. The number of carbonyl (C=O) groups excluding carboxylic acids is 1. The lowest BCUT2D eigenvalue weighted by Gasteiger charge is -2.32. The van der Waals surface area contributed by atoms with E-state index in [-0.39, 0.29) is 22.5 Å². The molecule has 1 aromatic rings. The fraction of sp³-hybridized carbons (Fsp3) is 0.471. The van der Waals surface area contributed by atoms with Gasteiger partial charge in [-0.3, -0.25) is 14.9 Å². The second-order valence-corrected chi connectivity index (χ2v) is 7.29. The minimum Gasteiger partial charge on any atom is -0.348 e. The van der Waals surface area contributed by atoms with Gasteiger partial charge in [0.2, 0.25) is 5.91 Å². The third-order valence-corrected chi connectivity index (χ3v) is 2.96. The number of rotatable bonds is 5. The lowest BCUT2D eigenvalue weighted by Crippen LogP contribution is -2.45. The normalized spacial score (nSPS) is 12.4. The van der Waals surface area contributed by atoms with Crippen molar-refractivity contribution in [2.75, 3.05) is 0 Å². The zero-order valence-corrected chi connectivity index (χ0v) is 13.8. The Balaban J connectivity index is 2.66. The van der Waals surface area contributed by atoms with Crippen molar-refractivity contribution < 1.29 is 9.72 Å². The second-order valence-electron chi connectivity index (χ2n) is 7.29. The van der Waals surface area contributed by atoms with Crippen LogP contribution in [-0.4, -0.2) is 16.4 Å². The topological polar surface area (TPSA) is 72.2 Å². The Morgan fingerprint density at radius 3 is 2.18 bits per heavy atom. The molecule has 0 spiro atoms. The van der Waals surface area contributed by atoms with E-state index in [2.05, 4.69) is 26.1 Å². The molecule has 0 atom stereocenters. The van der Waals surface area contributed by atoms with Crippen LogP contribution in [-0.2, 0) is 4.79 Å². The lowest BCUT2D eigenvalue weighted by molar-refractivity contribution is -0.384. The van der Waals surface area contributed by atoms with Crippen LogP contribution in [0.2, 0.25) is 0 Å². The number of carbonyl (C=O) groups is 1. The Labute approximate surface area is 131 Å². The molecule has 5 heteroatoms. The van der Waals surface area contributed by atoms with Crippen LogP contribution in [0, 0.1) is 15.5 Å². The van der Waals surface area contributed by atoms with E-state index in [0.29, 0.717) is 0 Å². The summed E-state index contributed by atoms with van der Waals surface area (Å²) in [6.07, 6.45) is 3.95. The van der Waals surface area contributed by atoms with Crippen LogP contribution in [0.15, 0.2) is 30.3 Å². The third kappa shape index (κ3) is 6.52. The zero-order chi connectivity index (χ0) is 17.0. The molecule has 0 aromatic heterocycles. The monoisotopic (exact) mass is 304 g/mol. The second kappa shape index (κ2) is 6.73. The first-order chi connectivity index (χ1) is 9.98. The van der Waals surface area contributed by atoms with Gasteiger partial charge in [0.05, 0.1) is 4.92 Å². The first-order valence-corrected chi connectivity index (χ1v) is 7.23. The van der Waals surface area contributed by atoms with Crippen molar-refractivity contribution in [3.63, 3.8) is 0 Å². The fourth-order valence-electron chi connectivity index (χ4n) is 2.62. The molecule has 0 fully saturated rings. The van der Waals surface area contributed by atoms with Crippen LogP contribution in [0.25, 0.3) is 6.08 Å². The van der Waals surface area contributed by atoms with Gasteiger partial charge in [-0.05, 0) is 49.5 Å². The van der Waals surface area contributed by atoms with E-state index in [4.69, 9.17) is 0 Å². The number of hydrogen-bond acceptors (Lipinski definition) is 3. The molecular formula is C17H24N2O3. The molecule has 1 N–H and O–H groups in total. The van der Waals surface area contributed by atoms with Crippen molar-refractivity contribution in [1.29, 1.82) is 0 Å². The molecular weight excluding hydrogens is 280 g/mol. The Hall–Kier alpha value is -2.17. The molecule has 0 saturated carbocycles. The molecule has 0 aliphatic rings. The summed E-state index contributed by atoms with van der Waals surface area (Å²) in [7, 11) is 0. The van der Waals surface area contributed by atoms with Crippen molar-refractivity contribution in [2.45, 2.75) is 46.6 Å². The molecule has 0 aliphatic carbocycles. The van der Waals surface area contributed by atoms with Crippen LogP contribution in [0.5, 0.6) is 0 Å². The van der Waals surface area contributed by atoms with Gasteiger partial charge < -0.3 is 5.32 Å². The summed E-state index contributed by atoms with van der Waals surface area (Å²) in [6, 6.07) is 6.06. The molecule has 0 saturated heterocycles. The molecule has 0 radical (unpaired) electrons. The van der Waals surface area contributed by atoms with Crippen LogP contribution >= 0.6 is 0 Å². The highest BCUT2D eigenvalue weighted by Crippen LogP contribution is 2.26. The van der Waals surface area contributed by atoms with Gasteiger partial charge in [-0.2, -0.15) is 0 Å². The molecule has 0 aliphatic heterocycles. The zero-order valence-electron chi connectivity index (χ0n) is 13.8. The van der Waals surface area contributed by atoms with Crippen LogP contribution in [0.1, 0.15) is 46.6 Å². The van der Waals surface area contributed by atoms with Gasteiger partial charge in [0.1, 0.15) is 0 Å². The first kappa shape index (κ1) is 17.9. The molecule has 0 unspecified atom stereocenters. The molecule has 5 nitrogen and oxygen atoms in total. The van der Waals surface area contributed by atoms with Gasteiger partial charge in [-0.1, -0.05) is 20.8 Å². The SMILES string of the molecule is CC(C)(C)CC(C)(C)NC(=O)/C=C/c1ccc([N+](=O)[O-])cc1. The van der Waals surface area contributed by atoms with E-state index in [9.17, 15) is 14.9 Å². The fourth-order valence-corrected chi connectivity index (χ4v) is 2.62. The van der Waals surface area contributed by atoms with Crippen molar-refractivity contribution in [2.24, 2.45) is 5.41 Å². The predicted octanol–water partition coefficient (Wildman–Crippen LogP) is 3.94. The summed E-state index contributed by atoms with van der Waals surface area (Å²) in [5, 5.41) is 13.6. The molecule has 22 heavy (non-hydrogen) atoms. The van der Waals surface area contributed by atoms with Crippen molar-refractivity contribution in [3.05, 3.63) is 46.0 Å². The maximum atomic E-state index is 12.0. The number of nitrogens with one attached hydrogen (secondary N) is 1. The number of non-ortho nitro benzene ring substituents is 1. The van der Waals surface area contributed by atoms with Crippen molar-refractivity contribution in [3.8, 4) is 0 Å². The van der Waals surface area contributed by atoms with E-state index in [0.717, 1.165) is 12.0 Å². The maximum absolute atomic E-state index is 12.0. The summed E-state index contributed by atoms with van der Waals surface area (Å²) < 4.78 is 0. The summed E-state index contributed by atoms with van der Waals surface area (Å²) in [4.78, 5) is 22.1. The molecule has 1 aromatic carbocycles. The Bertz CT molecular complexity index is 567. The van der Waals surface area contributed by atoms with Crippen LogP contribution in [0.3, 0.4) is 0 Å². The lowest BCUT2D eigenvalue weighted by atomic mass is 9.82. The quantitative estimate of drug-likeness (QED) is 0.509. The molecule has 0 bridgehead atoms. The van der Waals surface area contributed by atoms with Crippen LogP contribution < -0.4 is 5.32 Å². The maximum Gasteiger partial charge on any atom is 0.269 e. The summed E-state index contributed by atoms with van der Waals surface area (Å²) in [5.74, 6) is -0.174. The number of nitro benzene ring substituents is 1. The van der Waals surface area contributed by atoms with Gasteiger partial charge >= 0.3 is 0 Å². The molecule has 0 heterocycles. The van der Waals surface area contributed by atoms with Gasteiger partial charge in [-0.25, -0.2) is 0 Å². The van der Waals surface area contributed by atoms with E-state index >= 15 is 0 Å². The smallest absolute Gasteiger partial charge is 0.269 e. The highest BCUT2D eigenvalue weighted by atomic mass is 16.6. The summed E-state index contributed by atoms with van der Waals surface area (Å²) in [5.41, 5.74) is 0.607. The van der Waals surface area contributed by atoms with E-state index < -0.39 is 4.92 Å². The minimum atomic E-state index is -0.449. The van der Waals surface area contributed by atoms with Gasteiger partial charge in [0, 0.05) is 23.7 Å². The average molecular weight is 304 g/mol. The minimum absolute atomic E-state index is 0.0351. The number of nitrogens with zero attached hydrogens (tertiary/aromatic N) is 1. The highest BCUT2D eigenvalue weighted by Gasteiger charge is 2.26. The van der Waals surface area contributed by atoms with E-state index in [1.807, 2.05) is 13.8 Å². The third-order valence-electron chi connectivity index (χ3n) is 2.96. The Morgan fingerprint density at radius 2 is 1.73 bits per heavy atom. The Morgan fingerprint density at radius 1 is 1.18 bits per heavy atom. The van der Waals surface area contributed by atoms with Crippen molar-refractivity contribution in [1.82, 2.24) is 5.32 Å². The van der Waals surface area contributed by atoms with Crippen molar-refractivity contribution >= 4 is 17.7 Å². The average Bonchev–Trinajstić information content (AvgIpc) is 2.33. The van der Waals surface area contributed by atoms with E-state index in [1.165, 1.54) is 18.2 Å². The number of hydrogen-bond donors (Lipinski definition) is 1. The number of amides is 1. The largest absolute Gasteiger partial charge is 0.348 e. The highest BCUT2D eigenvalue weighted by molar-refractivity contribution is 5.92. The van der Waals surface area contributed by atoms with Gasteiger partial charge in [0.15, 0.2) is 0 Å². The van der Waals surface area contributed by atoms with Gasteiger partial charge in [-0.15, -0.1) is 0 Å². The molecule has 1 amide bonds. The summed E-state index contributed by atoms with van der Waals surface area (Å²) in [6.45, 7) is 10.4. The number of benzene rings is 1. The van der Waals surface area contributed by atoms with Gasteiger partial charge in [0.25, 0.3) is 5.69 Å². The Kier molecular flexibility index (Phi) is 5.47. The first-order valence-electron chi connectivity index (χ1n) is 7.23. The number of nitro groups is 1. The van der Waals surface area contributed by atoms with E-state index in [1.54, 1.807) is 18.2 Å². The standard InChI is InChI=1S/C17H24N2O3/c1-16(2,3)12-17(4,5)18-15(20)11-8-13-6-9-14(10-7-13)19(21)22/h6-11H,12H2,1-5H3,(H,18,20)/b11-8+. The molecule has 120 valence electrons. The van der Waals surface area contributed by atoms with Crippen LogP contribution in [0.4, 0.5) is 5.69 Å². The predicted molar refractivity (Wildman–Crippen MR) is 88.4 cm³/mol.